The summed E-state index contributed by atoms with van der Waals surface area (Å²) in [6.07, 6.45) is 1.14. The van der Waals surface area contributed by atoms with E-state index in [1.54, 1.807) is 51.1 Å². The van der Waals surface area contributed by atoms with Gasteiger partial charge in [-0.2, -0.15) is 0 Å². The van der Waals surface area contributed by atoms with Gasteiger partial charge in [-0.3, -0.25) is 4.31 Å². The van der Waals surface area contributed by atoms with E-state index in [2.05, 4.69) is 0 Å². The number of esters is 1. The van der Waals surface area contributed by atoms with Crippen LogP contribution in [0.15, 0.2) is 36.4 Å². The van der Waals surface area contributed by atoms with Crippen molar-refractivity contribution in [2.75, 3.05) is 24.2 Å². The van der Waals surface area contributed by atoms with Gasteiger partial charge in [0.1, 0.15) is 11.4 Å². The molecule has 6 nitrogen and oxygen atoms in total. The smallest absolute Gasteiger partial charge is 0.344 e. The molecule has 29 heavy (non-hydrogen) atoms. The molecule has 0 saturated carbocycles. The van der Waals surface area contributed by atoms with Gasteiger partial charge >= 0.3 is 5.97 Å². The molecule has 0 unspecified atom stereocenters. The van der Waals surface area contributed by atoms with Gasteiger partial charge in [0.2, 0.25) is 10.0 Å². The minimum atomic E-state index is -3.41. The van der Waals surface area contributed by atoms with Gasteiger partial charge in [0.25, 0.3) is 0 Å². The van der Waals surface area contributed by atoms with Gasteiger partial charge in [-0.1, -0.05) is 17.7 Å². The molecule has 2 rings (SSSR count). The number of halogens is 1. The summed E-state index contributed by atoms with van der Waals surface area (Å²) < 4.78 is 36.0. The van der Waals surface area contributed by atoms with Crippen LogP contribution in [0.25, 0.3) is 11.1 Å². The van der Waals surface area contributed by atoms with E-state index < -0.39 is 21.6 Å². The number of anilines is 1. The molecule has 0 radical (unpaired) electrons. The summed E-state index contributed by atoms with van der Waals surface area (Å²) >= 11 is 6.19. The zero-order chi connectivity index (χ0) is 22.0. The van der Waals surface area contributed by atoms with Crippen LogP contribution in [0, 0.1) is 6.92 Å². The van der Waals surface area contributed by atoms with Gasteiger partial charge in [-0.05, 0) is 69.2 Å². The molecule has 0 fully saturated rings. The van der Waals surface area contributed by atoms with E-state index in [0.717, 1.165) is 17.4 Å². The van der Waals surface area contributed by atoms with Crippen LogP contribution < -0.4 is 9.04 Å². The molecule has 2 aromatic carbocycles. The van der Waals surface area contributed by atoms with Crippen LogP contribution in [0.5, 0.6) is 5.75 Å². The number of carbonyl (C=O) groups is 1. The second-order valence-corrected chi connectivity index (χ2v) is 10.2. The van der Waals surface area contributed by atoms with Gasteiger partial charge in [0.05, 0.1) is 11.9 Å². The summed E-state index contributed by atoms with van der Waals surface area (Å²) in [6, 6.07) is 10.4. The molecule has 0 saturated heterocycles. The molecule has 0 aromatic heterocycles. The maximum Gasteiger partial charge on any atom is 0.344 e. The van der Waals surface area contributed by atoms with E-state index >= 15 is 0 Å². The molecule has 0 heterocycles. The number of hydrogen-bond donors (Lipinski definition) is 0. The first-order valence-electron chi connectivity index (χ1n) is 8.97. The van der Waals surface area contributed by atoms with Crippen LogP contribution >= 0.6 is 11.6 Å². The Morgan fingerprint density at radius 3 is 2.34 bits per heavy atom. The predicted molar refractivity (Wildman–Crippen MR) is 116 cm³/mol. The van der Waals surface area contributed by atoms with Crippen LogP contribution in [0.1, 0.15) is 26.3 Å². The number of hydrogen-bond acceptors (Lipinski definition) is 5. The maximum atomic E-state index is 12.0. The third kappa shape index (κ3) is 6.37. The van der Waals surface area contributed by atoms with E-state index in [9.17, 15) is 13.2 Å². The fourth-order valence-corrected chi connectivity index (χ4v) is 3.30. The standard InChI is InChI=1S/C21H26ClNO5S/c1-14-7-9-16(23(5)29(6,25)26)12-17(14)18-11-15(22)8-10-19(18)27-13-20(24)28-21(2,3)4/h7-12H,13H2,1-6H3. The summed E-state index contributed by atoms with van der Waals surface area (Å²) in [5.74, 6) is -0.0387. The SMILES string of the molecule is Cc1ccc(N(C)S(C)(=O)=O)cc1-c1cc(Cl)ccc1OCC(=O)OC(C)(C)C. The number of nitrogens with zero attached hydrogens (tertiary/aromatic N) is 1. The number of ether oxygens (including phenoxy) is 2. The Hall–Kier alpha value is -2.25. The highest BCUT2D eigenvalue weighted by Gasteiger charge is 2.19. The lowest BCUT2D eigenvalue weighted by molar-refractivity contribution is -0.157. The molecule has 8 heteroatoms. The third-order valence-electron chi connectivity index (χ3n) is 4.08. The zero-order valence-electron chi connectivity index (χ0n) is 17.4. The summed E-state index contributed by atoms with van der Waals surface area (Å²) in [7, 11) is -1.92. The van der Waals surface area contributed by atoms with E-state index in [4.69, 9.17) is 21.1 Å². The second kappa shape index (κ2) is 8.63. The molecule has 158 valence electrons. The molecule has 0 aliphatic carbocycles. The van der Waals surface area contributed by atoms with Gasteiger partial charge in [-0.15, -0.1) is 0 Å². The van der Waals surface area contributed by atoms with E-state index in [-0.39, 0.29) is 6.61 Å². The number of carbonyl (C=O) groups excluding carboxylic acids is 1. The minimum Gasteiger partial charge on any atom is -0.481 e. The van der Waals surface area contributed by atoms with Gasteiger partial charge < -0.3 is 9.47 Å². The lowest BCUT2D eigenvalue weighted by Gasteiger charge is -2.21. The molecule has 0 spiro atoms. The van der Waals surface area contributed by atoms with Crippen molar-refractivity contribution in [2.45, 2.75) is 33.3 Å². The summed E-state index contributed by atoms with van der Waals surface area (Å²) in [5.41, 5.74) is 2.21. The van der Waals surface area contributed by atoms with Crippen molar-refractivity contribution in [3.8, 4) is 16.9 Å². The third-order valence-corrected chi connectivity index (χ3v) is 5.52. The Kier molecular flexibility index (Phi) is 6.86. The zero-order valence-corrected chi connectivity index (χ0v) is 19.0. The largest absolute Gasteiger partial charge is 0.481 e. The van der Waals surface area contributed by atoms with Crippen LogP contribution in [-0.2, 0) is 19.6 Å². The Morgan fingerprint density at radius 1 is 1.10 bits per heavy atom. The lowest BCUT2D eigenvalue weighted by atomic mass is 9.99. The van der Waals surface area contributed by atoms with Crippen molar-refractivity contribution in [3.63, 3.8) is 0 Å². The second-order valence-electron chi connectivity index (χ2n) is 7.75. The first-order chi connectivity index (χ1) is 13.3. The van der Waals surface area contributed by atoms with Crippen LogP contribution in [0.3, 0.4) is 0 Å². The monoisotopic (exact) mass is 439 g/mol. The highest BCUT2D eigenvalue weighted by Crippen LogP contribution is 2.37. The van der Waals surface area contributed by atoms with Gasteiger partial charge in [-0.25, -0.2) is 13.2 Å². The van der Waals surface area contributed by atoms with Crippen LogP contribution in [0.4, 0.5) is 5.69 Å². The first-order valence-corrected chi connectivity index (χ1v) is 11.2. The van der Waals surface area contributed by atoms with Crippen molar-refractivity contribution in [3.05, 3.63) is 47.0 Å². The maximum absolute atomic E-state index is 12.0. The highest BCUT2D eigenvalue weighted by molar-refractivity contribution is 7.92. The molecule has 0 aliphatic heterocycles. The van der Waals surface area contributed by atoms with Gasteiger partial charge in [0, 0.05) is 17.6 Å². The molecular formula is C21H26ClNO5S. The minimum absolute atomic E-state index is 0.256. The summed E-state index contributed by atoms with van der Waals surface area (Å²) in [4.78, 5) is 12.0. The Morgan fingerprint density at radius 2 is 1.76 bits per heavy atom. The molecule has 0 amide bonds. The number of rotatable bonds is 6. The Balaban J connectivity index is 2.42. The fraction of sp³-hybridized carbons (Fsp3) is 0.381. The number of benzene rings is 2. The molecule has 0 bridgehead atoms. The first kappa shape index (κ1) is 23.0. The number of sulfonamides is 1. The molecule has 0 atom stereocenters. The highest BCUT2D eigenvalue weighted by atomic mass is 35.5. The van der Waals surface area contributed by atoms with Crippen molar-refractivity contribution >= 4 is 33.3 Å². The van der Waals surface area contributed by atoms with Crippen molar-refractivity contribution in [1.82, 2.24) is 0 Å². The average Bonchev–Trinajstić information content (AvgIpc) is 2.58. The van der Waals surface area contributed by atoms with Gasteiger partial charge in [0.15, 0.2) is 6.61 Å². The van der Waals surface area contributed by atoms with E-state index in [1.165, 1.54) is 11.4 Å². The molecular weight excluding hydrogens is 414 g/mol. The predicted octanol–water partition coefficient (Wildman–Crippen LogP) is 4.43. The number of aryl methyl sites for hydroxylation is 1. The van der Waals surface area contributed by atoms with Crippen molar-refractivity contribution < 1.29 is 22.7 Å². The normalized spacial score (nSPS) is 11.8. The van der Waals surface area contributed by atoms with Crippen LogP contribution in [-0.4, -0.2) is 39.9 Å². The van der Waals surface area contributed by atoms with Crippen LogP contribution in [0.2, 0.25) is 5.02 Å². The molecule has 0 aliphatic rings. The lowest BCUT2D eigenvalue weighted by Crippen LogP contribution is -2.27. The topological polar surface area (TPSA) is 72.9 Å². The van der Waals surface area contributed by atoms with Crippen molar-refractivity contribution in [1.29, 1.82) is 0 Å². The average molecular weight is 440 g/mol. The quantitative estimate of drug-likeness (QED) is 0.622. The fourth-order valence-electron chi connectivity index (χ4n) is 2.63. The van der Waals surface area contributed by atoms with E-state index in [1.807, 2.05) is 13.0 Å². The Bertz CT molecular complexity index is 1010. The Labute approximate surface area is 177 Å². The summed E-state index contributed by atoms with van der Waals surface area (Å²) in [6.45, 7) is 7.00. The van der Waals surface area contributed by atoms with E-state index in [0.29, 0.717) is 22.0 Å². The summed E-state index contributed by atoms with van der Waals surface area (Å²) in [5, 5.41) is 0.492. The molecule has 0 N–H and O–H groups in total. The van der Waals surface area contributed by atoms with Crippen molar-refractivity contribution in [2.24, 2.45) is 0 Å². The molecule has 2 aromatic rings.